The Bertz CT molecular complexity index is 789. The lowest BCUT2D eigenvalue weighted by atomic mass is 10.1. The van der Waals surface area contributed by atoms with Crippen LogP contribution in [0.4, 0.5) is 4.39 Å². The average Bonchev–Trinajstić information content (AvgIpc) is 3.23. The molecule has 3 rings (SSSR count). The normalized spacial score (nSPS) is 22.3. The van der Waals surface area contributed by atoms with Crippen molar-refractivity contribution in [3.63, 3.8) is 0 Å². The van der Waals surface area contributed by atoms with Crippen LogP contribution in [0.25, 0.3) is 0 Å². The van der Waals surface area contributed by atoms with Gasteiger partial charge in [-0.2, -0.15) is 0 Å². The van der Waals surface area contributed by atoms with Gasteiger partial charge in [-0.1, -0.05) is 18.9 Å². The summed E-state index contributed by atoms with van der Waals surface area (Å²) in [5, 5.41) is 0. The van der Waals surface area contributed by atoms with E-state index in [2.05, 4.69) is 0 Å². The van der Waals surface area contributed by atoms with Crippen LogP contribution in [0.15, 0.2) is 24.3 Å². The first-order valence-electron chi connectivity index (χ1n) is 8.80. The second-order valence-corrected chi connectivity index (χ2v) is 9.11. The molecule has 1 heterocycles. The van der Waals surface area contributed by atoms with Crippen molar-refractivity contribution in [3.8, 4) is 0 Å². The van der Waals surface area contributed by atoms with Gasteiger partial charge in [0.05, 0.1) is 17.1 Å². The van der Waals surface area contributed by atoms with Crippen LogP contribution in [-0.2, 0) is 19.4 Å². The molecule has 1 aliphatic heterocycles. The van der Waals surface area contributed by atoms with Crippen molar-refractivity contribution in [2.75, 3.05) is 18.1 Å². The Morgan fingerprint density at radius 1 is 1.15 bits per heavy atom. The Balaban J connectivity index is 1.66. The van der Waals surface area contributed by atoms with E-state index in [0.717, 1.165) is 31.7 Å². The summed E-state index contributed by atoms with van der Waals surface area (Å²) in [5.74, 6) is -1.67. The molecular formula is C18H22FNO5S. The number of nitrogens with zero attached hydrogens (tertiary/aromatic N) is 1. The molecule has 1 aromatic carbocycles. The van der Waals surface area contributed by atoms with Gasteiger partial charge in [-0.25, -0.2) is 17.6 Å². The van der Waals surface area contributed by atoms with Crippen LogP contribution < -0.4 is 0 Å². The van der Waals surface area contributed by atoms with Crippen LogP contribution in [0, 0.1) is 5.82 Å². The molecule has 0 unspecified atom stereocenters. The summed E-state index contributed by atoms with van der Waals surface area (Å²) in [6, 6.07) is 4.70. The van der Waals surface area contributed by atoms with Crippen LogP contribution >= 0.6 is 0 Å². The van der Waals surface area contributed by atoms with E-state index in [4.69, 9.17) is 4.74 Å². The van der Waals surface area contributed by atoms with Crippen LogP contribution in [0.2, 0.25) is 0 Å². The molecule has 0 N–H and O–H groups in total. The summed E-state index contributed by atoms with van der Waals surface area (Å²) < 4.78 is 41.9. The molecule has 1 amide bonds. The predicted molar refractivity (Wildman–Crippen MR) is 92.8 cm³/mol. The number of halogens is 1. The number of esters is 1. The standard InChI is InChI=1S/C18H22FNO5S/c19-14-5-3-4-13(10-14)18(22)25-11-17(21)20(15-6-1-2-7-15)16-8-9-26(23,24)12-16/h3-5,10,15-16H,1-2,6-9,11-12H2/t16-/m0/s1. The molecular weight excluding hydrogens is 361 g/mol. The molecule has 142 valence electrons. The molecule has 1 aromatic rings. The number of carbonyl (C=O) groups excluding carboxylic acids is 2. The number of hydrogen-bond donors (Lipinski definition) is 0. The monoisotopic (exact) mass is 383 g/mol. The summed E-state index contributed by atoms with van der Waals surface area (Å²) in [6.07, 6.45) is 4.08. The van der Waals surface area contributed by atoms with Crippen molar-refractivity contribution in [3.05, 3.63) is 35.6 Å². The lowest BCUT2D eigenvalue weighted by molar-refractivity contribution is -0.139. The lowest BCUT2D eigenvalue weighted by Gasteiger charge is -2.33. The fourth-order valence-corrected chi connectivity index (χ4v) is 5.49. The molecule has 1 atom stereocenters. The molecule has 0 spiro atoms. The fourth-order valence-electron chi connectivity index (χ4n) is 3.78. The SMILES string of the molecule is O=C(OCC(=O)N(C1CCCC1)[C@H]1CCS(=O)(=O)C1)c1cccc(F)c1. The second kappa shape index (κ2) is 7.73. The van der Waals surface area contributed by atoms with Crippen molar-refractivity contribution in [1.29, 1.82) is 0 Å². The largest absolute Gasteiger partial charge is 0.452 e. The van der Waals surface area contributed by atoms with E-state index in [9.17, 15) is 22.4 Å². The third-order valence-corrected chi connectivity index (χ3v) is 6.75. The van der Waals surface area contributed by atoms with E-state index in [1.165, 1.54) is 18.2 Å². The molecule has 2 aliphatic rings. The number of hydrogen-bond acceptors (Lipinski definition) is 5. The third-order valence-electron chi connectivity index (χ3n) is 4.99. The average molecular weight is 383 g/mol. The van der Waals surface area contributed by atoms with Crippen molar-refractivity contribution in [1.82, 2.24) is 4.90 Å². The Labute approximate surface area is 152 Å². The number of rotatable bonds is 5. The Kier molecular flexibility index (Phi) is 5.60. The van der Waals surface area contributed by atoms with E-state index >= 15 is 0 Å². The third kappa shape index (κ3) is 4.41. The summed E-state index contributed by atoms with van der Waals surface area (Å²) in [7, 11) is -3.13. The van der Waals surface area contributed by atoms with Gasteiger partial charge in [0.15, 0.2) is 16.4 Å². The summed E-state index contributed by atoms with van der Waals surface area (Å²) in [6.45, 7) is -0.470. The smallest absolute Gasteiger partial charge is 0.338 e. The first kappa shape index (κ1) is 18.8. The first-order chi connectivity index (χ1) is 12.4. The predicted octanol–water partition coefficient (Wildman–Crippen LogP) is 1.94. The van der Waals surface area contributed by atoms with Crippen molar-refractivity contribution < 1.29 is 27.1 Å². The minimum atomic E-state index is -3.13. The van der Waals surface area contributed by atoms with E-state index in [1.54, 1.807) is 4.90 Å². The molecule has 1 aliphatic carbocycles. The maximum atomic E-state index is 13.2. The van der Waals surface area contributed by atoms with Gasteiger partial charge in [-0.05, 0) is 37.5 Å². The van der Waals surface area contributed by atoms with Gasteiger partial charge in [-0.3, -0.25) is 4.79 Å². The van der Waals surface area contributed by atoms with E-state index in [-0.39, 0.29) is 35.1 Å². The van der Waals surface area contributed by atoms with Gasteiger partial charge < -0.3 is 9.64 Å². The van der Waals surface area contributed by atoms with Crippen LogP contribution in [0.3, 0.4) is 0 Å². The molecule has 2 fully saturated rings. The molecule has 0 aromatic heterocycles. The maximum absolute atomic E-state index is 13.2. The molecule has 8 heteroatoms. The van der Waals surface area contributed by atoms with Crippen LogP contribution in [-0.4, -0.2) is 55.4 Å². The van der Waals surface area contributed by atoms with Gasteiger partial charge >= 0.3 is 5.97 Å². The highest BCUT2D eigenvalue weighted by Gasteiger charge is 2.39. The summed E-state index contributed by atoms with van der Waals surface area (Å²) >= 11 is 0. The summed E-state index contributed by atoms with van der Waals surface area (Å²) in [4.78, 5) is 26.3. The number of sulfone groups is 1. The molecule has 26 heavy (non-hydrogen) atoms. The van der Waals surface area contributed by atoms with Gasteiger partial charge in [0.25, 0.3) is 5.91 Å². The number of benzene rings is 1. The molecule has 1 saturated heterocycles. The quantitative estimate of drug-likeness (QED) is 0.726. The first-order valence-corrected chi connectivity index (χ1v) is 10.6. The highest BCUT2D eigenvalue weighted by atomic mass is 32.2. The maximum Gasteiger partial charge on any atom is 0.338 e. The number of ether oxygens (including phenoxy) is 1. The van der Waals surface area contributed by atoms with Gasteiger partial charge in [0.1, 0.15) is 5.82 Å². The zero-order chi connectivity index (χ0) is 18.7. The Morgan fingerprint density at radius 3 is 2.50 bits per heavy atom. The molecule has 1 saturated carbocycles. The number of carbonyl (C=O) groups is 2. The zero-order valence-electron chi connectivity index (χ0n) is 14.4. The van der Waals surface area contributed by atoms with E-state index in [1.807, 2.05) is 0 Å². The molecule has 0 radical (unpaired) electrons. The van der Waals surface area contributed by atoms with Crippen molar-refractivity contribution >= 4 is 21.7 Å². The topological polar surface area (TPSA) is 80.8 Å². The minimum absolute atomic E-state index is 0.00586. The highest BCUT2D eigenvalue weighted by molar-refractivity contribution is 7.91. The lowest BCUT2D eigenvalue weighted by Crippen LogP contribution is -2.48. The van der Waals surface area contributed by atoms with Crippen LogP contribution in [0.5, 0.6) is 0 Å². The van der Waals surface area contributed by atoms with E-state index in [0.29, 0.717) is 6.42 Å². The fraction of sp³-hybridized carbons (Fsp3) is 0.556. The van der Waals surface area contributed by atoms with Crippen LogP contribution in [0.1, 0.15) is 42.5 Å². The molecule has 6 nitrogen and oxygen atoms in total. The van der Waals surface area contributed by atoms with Gasteiger partial charge in [-0.15, -0.1) is 0 Å². The van der Waals surface area contributed by atoms with Gasteiger partial charge in [0, 0.05) is 12.1 Å². The minimum Gasteiger partial charge on any atom is -0.452 e. The summed E-state index contributed by atoms with van der Waals surface area (Å²) in [5.41, 5.74) is 0.0358. The van der Waals surface area contributed by atoms with Crippen molar-refractivity contribution in [2.45, 2.75) is 44.2 Å². The highest BCUT2D eigenvalue weighted by Crippen LogP contribution is 2.29. The van der Waals surface area contributed by atoms with E-state index < -0.39 is 28.2 Å². The van der Waals surface area contributed by atoms with Gasteiger partial charge in [0.2, 0.25) is 0 Å². The zero-order valence-corrected chi connectivity index (χ0v) is 15.2. The number of amides is 1. The Morgan fingerprint density at radius 2 is 1.88 bits per heavy atom. The van der Waals surface area contributed by atoms with Crippen molar-refractivity contribution in [2.24, 2.45) is 0 Å². The Hall–Kier alpha value is -1.96. The molecule has 0 bridgehead atoms. The second-order valence-electron chi connectivity index (χ2n) is 6.88.